The van der Waals surface area contributed by atoms with Crippen LogP contribution in [0, 0.1) is 13.8 Å². The van der Waals surface area contributed by atoms with Crippen LogP contribution in [0.5, 0.6) is 0 Å². The first-order valence-electron chi connectivity index (χ1n) is 10.1. The number of thiophene rings is 1. The molecule has 2 heterocycles. The number of aryl methyl sites for hydroxylation is 2. The first-order valence-corrected chi connectivity index (χ1v) is 11.0. The fourth-order valence-electron chi connectivity index (χ4n) is 3.52. The number of aromatic carboxylic acids is 1. The molecule has 3 rings (SSSR count). The van der Waals surface area contributed by atoms with Gasteiger partial charge in [0.25, 0.3) is 0 Å². The monoisotopic (exact) mass is 470 g/mol. The number of alkyl halides is 3. The molecule has 1 amide bonds. The first kappa shape index (κ1) is 24.1. The zero-order chi connectivity index (χ0) is 23.6. The van der Waals surface area contributed by atoms with Crippen molar-refractivity contribution in [2.75, 3.05) is 26.2 Å². The second kappa shape index (κ2) is 9.50. The number of carboxylic acids is 1. The molecule has 2 aromatic rings. The molecule has 1 aliphatic rings. The van der Waals surface area contributed by atoms with Crippen molar-refractivity contribution in [3.05, 3.63) is 45.8 Å². The Morgan fingerprint density at radius 3 is 2.38 bits per heavy atom. The number of rotatable bonds is 5. The van der Waals surface area contributed by atoms with E-state index in [0.29, 0.717) is 19.6 Å². The van der Waals surface area contributed by atoms with E-state index in [0.717, 1.165) is 34.1 Å². The molecule has 0 spiro atoms. The zero-order valence-corrected chi connectivity index (χ0v) is 18.8. The highest BCUT2D eigenvalue weighted by Gasteiger charge is 2.40. The minimum Gasteiger partial charge on any atom is -0.477 e. The van der Waals surface area contributed by atoms with Crippen LogP contribution in [0.2, 0.25) is 0 Å². The van der Waals surface area contributed by atoms with Crippen LogP contribution in [-0.4, -0.2) is 65.4 Å². The Balaban J connectivity index is 1.68. The molecule has 0 aliphatic carbocycles. The van der Waals surface area contributed by atoms with Crippen LogP contribution >= 0.6 is 11.3 Å². The van der Waals surface area contributed by atoms with Gasteiger partial charge < -0.3 is 14.7 Å². The predicted octanol–water partition coefficient (Wildman–Crippen LogP) is 4.94. The Morgan fingerprint density at radius 2 is 1.81 bits per heavy atom. The minimum absolute atomic E-state index is 0.270. The number of carbonyl (C=O) groups is 2. The molecule has 6 nitrogen and oxygen atoms in total. The lowest BCUT2D eigenvalue weighted by Crippen LogP contribution is -2.49. The fraction of sp³-hybridized carbons (Fsp3) is 0.455. The van der Waals surface area contributed by atoms with Crippen molar-refractivity contribution in [1.29, 1.82) is 0 Å². The molecule has 10 heteroatoms. The lowest BCUT2D eigenvalue weighted by atomic mass is 10.0. The lowest BCUT2D eigenvalue weighted by molar-refractivity contribution is -0.200. The van der Waals surface area contributed by atoms with E-state index in [2.05, 4.69) is 9.64 Å². The van der Waals surface area contributed by atoms with Crippen molar-refractivity contribution in [2.45, 2.75) is 39.6 Å². The van der Waals surface area contributed by atoms with E-state index in [1.54, 1.807) is 6.07 Å². The Labute approximate surface area is 188 Å². The molecule has 1 atom stereocenters. The summed E-state index contributed by atoms with van der Waals surface area (Å²) in [5.74, 6) is -0.957. The lowest BCUT2D eigenvalue weighted by Gasteiger charge is -2.35. The van der Waals surface area contributed by atoms with Gasteiger partial charge in [-0.3, -0.25) is 4.90 Å². The van der Waals surface area contributed by atoms with Gasteiger partial charge in [-0.2, -0.15) is 13.2 Å². The Kier molecular flexibility index (Phi) is 7.14. The van der Waals surface area contributed by atoms with E-state index in [9.17, 15) is 27.9 Å². The van der Waals surface area contributed by atoms with Crippen molar-refractivity contribution >= 4 is 23.4 Å². The summed E-state index contributed by atoms with van der Waals surface area (Å²) in [7, 11) is 0. The molecule has 0 radical (unpaired) electrons. The summed E-state index contributed by atoms with van der Waals surface area (Å²) < 4.78 is 42.4. The van der Waals surface area contributed by atoms with Crippen molar-refractivity contribution in [3.63, 3.8) is 0 Å². The number of nitrogens with zero attached hydrogens (tertiary/aromatic N) is 2. The zero-order valence-electron chi connectivity index (χ0n) is 18.0. The van der Waals surface area contributed by atoms with Crippen molar-refractivity contribution in [3.8, 4) is 10.4 Å². The van der Waals surface area contributed by atoms with Crippen LogP contribution in [0.4, 0.5) is 18.0 Å². The summed E-state index contributed by atoms with van der Waals surface area (Å²) in [6, 6.07) is 7.70. The normalized spacial score (nSPS) is 16.1. The number of hydrogen-bond acceptors (Lipinski definition) is 5. The second-order valence-corrected chi connectivity index (χ2v) is 8.97. The molecule has 1 aliphatic heterocycles. The molecule has 32 heavy (non-hydrogen) atoms. The van der Waals surface area contributed by atoms with Crippen LogP contribution in [0.25, 0.3) is 10.4 Å². The number of ether oxygens (including phenoxy) is 1. The van der Waals surface area contributed by atoms with Gasteiger partial charge in [0.05, 0.1) is 0 Å². The number of amides is 1. The maximum atomic E-state index is 12.6. The SMILES string of the molecule is Cc1ccc(CN2CCN(C(=O)OC(C)C(F)(F)F)CC2)c(-c2sc(C(=O)O)cc2C)c1. The molecule has 1 N–H and O–H groups in total. The molecule has 0 bridgehead atoms. The molecule has 1 unspecified atom stereocenters. The molecule has 1 aromatic carbocycles. The van der Waals surface area contributed by atoms with Crippen molar-refractivity contribution < 1.29 is 32.6 Å². The van der Waals surface area contributed by atoms with Gasteiger partial charge in [0.1, 0.15) is 4.88 Å². The van der Waals surface area contributed by atoms with Crippen LogP contribution in [0.3, 0.4) is 0 Å². The average molecular weight is 471 g/mol. The fourth-order valence-corrected chi connectivity index (χ4v) is 4.58. The molecular weight excluding hydrogens is 445 g/mol. The van der Waals surface area contributed by atoms with Gasteiger partial charge in [-0.05, 0) is 43.5 Å². The van der Waals surface area contributed by atoms with Crippen LogP contribution in [0.1, 0.15) is 33.3 Å². The van der Waals surface area contributed by atoms with Gasteiger partial charge in [0, 0.05) is 37.6 Å². The predicted molar refractivity (Wildman–Crippen MR) is 115 cm³/mol. The highest BCUT2D eigenvalue weighted by atomic mass is 32.1. The third-order valence-corrected chi connectivity index (χ3v) is 6.66. The number of piperazine rings is 1. The number of carboxylic acid groups (broad SMARTS) is 1. The van der Waals surface area contributed by atoms with E-state index in [-0.39, 0.29) is 18.0 Å². The standard InChI is InChI=1S/C22H25F3N2O4S/c1-13-4-5-16(17(10-13)19-14(2)11-18(32-19)20(28)29)12-26-6-8-27(9-7-26)21(30)31-15(3)22(23,24)25/h4-5,10-11,15H,6-9,12H2,1-3H3,(H,28,29). The average Bonchev–Trinajstić information content (AvgIpc) is 3.11. The quantitative estimate of drug-likeness (QED) is 0.671. The van der Waals surface area contributed by atoms with Crippen LogP contribution in [-0.2, 0) is 11.3 Å². The number of carbonyl (C=O) groups excluding carboxylic acids is 1. The number of benzene rings is 1. The van der Waals surface area contributed by atoms with Gasteiger partial charge in [0.15, 0.2) is 6.10 Å². The minimum atomic E-state index is -4.58. The molecule has 174 valence electrons. The van der Waals surface area contributed by atoms with E-state index in [4.69, 9.17) is 0 Å². The van der Waals surface area contributed by atoms with E-state index in [1.807, 2.05) is 32.0 Å². The van der Waals surface area contributed by atoms with E-state index in [1.165, 1.54) is 16.2 Å². The topological polar surface area (TPSA) is 70.1 Å². The molecular formula is C22H25F3N2O4S. The van der Waals surface area contributed by atoms with Crippen LogP contribution < -0.4 is 0 Å². The summed E-state index contributed by atoms with van der Waals surface area (Å²) in [5.41, 5.74) is 3.95. The molecule has 1 saturated heterocycles. The highest BCUT2D eigenvalue weighted by Crippen LogP contribution is 2.36. The van der Waals surface area contributed by atoms with Crippen molar-refractivity contribution in [2.24, 2.45) is 0 Å². The van der Waals surface area contributed by atoms with E-state index >= 15 is 0 Å². The molecule has 1 fully saturated rings. The number of halogens is 3. The summed E-state index contributed by atoms with van der Waals surface area (Å²) in [6.07, 6.45) is -7.69. The maximum Gasteiger partial charge on any atom is 0.425 e. The second-order valence-electron chi connectivity index (χ2n) is 7.92. The van der Waals surface area contributed by atoms with Crippen molar-refractivity contribution in [1.82, 2.24) is 9.80 Å². The number of hydrogen-bond donors (Lipinski definition) is 1. The van der Waals surface area contributed by atoms with Crippen LogP contribution in [0.15, 0.2) is 24.3 Å². The van der Waals surface area contributed by atoms with Gasteiger partial charge in [-0.25, -0.2) is 9.59 Å². The van der Waals surface area contributed by atoms with Gasteiger partial charge in [-0.1, -0.05) is 23.8 Å². The third kappa shape index (κ3) is 5.60. The van der Waals surface area contributed by atoms with Gasteiger partial charge in [-0.15, -0.1) is 11.3 Å². The van der Waals surface area contributed by atoms with Gasteiger partial charge in [0.2, 0.25) is 0 Å². The Bertz CT molecular complexity index is 998. The summed E-state index contributed by atoms with van der Waals surface area (Å²) >= 11 is 1.24. The molecule has 0 saturated carbocycles. The maximum absolute atomic E-state index is 12.6. The molecule has 1 aromatic heterocycles. The smallest absolute Gasteiger partial charge is 0.425 e. The highest BCUT2D eigenvalue weighted by molar-refractivity contribution is 7.17. The summed E-state index contributed by atoms with van der Waals surface area (Å²) in [6.45, 7) is 6.78. The largest absolute Gasteiger partial charge is 0.477 e. The third-order valence-electron chi connectivity index (χ3n) is 5.40. The Hall–Kier alpha value is -2.59. The summed E-state index contributed by atoms with van der Waals surface area (Å²) in [4.78, 5) is 28.0. The van der Waals surface area contributed by atoms with E-state index < -0.39 is 24.3 Å². The Morgan fingerprint density at radius 1 is 1.16 bits per heavy atom. The summed E-state index contributed by atoms with van der Waals surface area (Å²) in [5, 5.41) is 9.32. The first-order chi connectivity index (χ1) is 15.0. The van der Waals surface area contributed by atoms with Gasteiger partial charge >= 0.3 is 18.2 Å².